The van der Waals surface area contributed by atoms with Crippen molar-refractivity contribution in [1.29, 1.82) is 0 Å². The predicted octanol–water partition coefficient (Wildman–Crippen LogP) is 3.74. The minimum absolute atomic E-state index is 0.142. The molecule has 1 amide bonds. The lowest BCUT2D eigenvalue weighted by atomic mass is 10.1. The molecular weight excluding hydrogens is 278 g/mol. The normalized spacial score (nSPS) is 19.1. The molecule has 0 aromatic heterocycles. The van der Waals surface area contributed by atoms with Gasteiger partial charge in [0, 0.05) is 6.61 Å². The highest BCUT2D eigenvalue weighted by Crippen LogP contribution is 2.20. The molecule has 1 fully saturated rings. The number of rotatable bonds is 4. The van der Waals surface area contributed by atoms with E-state index in [4.69, 9.17) is 21.1 Å². The summed E-state index contributed by atoms with van der Waals surface area (Å²) in [6.07, 6.45) is 3.43. The van der Waals surface area contributed by atoms with Gasteiger partial charge in [0.25, 0.3) is 0 Å². The number of hydrogen-bond acceptors (Lipinski definition) is 3. The van der Waals surface area contributed by atoms with Crippen molar-refractivity contribution in [3.63, 3.8) is 0 Å². The summed E-state index contributed by atoms with van der Waals surface area (Å²) in [6.45, 7) is 1.16. The van der Waals surface area contributed by atoms with Crippen LogP contribution in [0.1, 0.15) is 31.2 Å². The average Bonchev–Trinajstić information content (AvgIpc) is 2.75. The van der Waals surface area contributed by atoms with Crippen LogP contribution < -0.4 is 0 Å². The van der Waals surface area contributed by atoms with E-state index < -0.39 is 6.09 Å². The van der Waals surface area contributed by atoms with Gasteiger partial charge in [-0.15, -0.1) is 0 Å². The molecule has 1 aliphatic rings. The second kappa shape index (κ2) is 8.12. The third-order valence-electron chi connectivity index (χ3n) is 3.36. The topological polar surface area (TPSA) is 38.8 Å². The fourth-order valence-corrected chi connectivity index (χ4v) is 2.43. The first-order valence-electron chi connectivity index (χ1n) is 6.96. The van der Waals surface area contributed by atoms with Gasteiger partial charge in [0.15, 0.2) is 6.07 Å². The van der Waals surface area contributed by atoms with Crippen molar-refractivity contribution < 1.29 is 14.3 Å². The number of carbonyl (C=O) groups is 1. The Morgan fingerprint density at radius 2 is 2.10 bits per heavy atom. The molecule has 20 heavy (non-hydrogen) atoms. The van der Waals surface area contributed by atoms with Crippen molar-refractivity contribution >= 4 is 17.7 Å². The zero-order chi connectivity index (χ0) is 14.2. The largest absolute Gasteiger partial charge is 0.433 e. The van der Waals surface area contributed by atoms with Gasteiger partial charge in [-0.1, -0.05) is 48.4 Å². The van der Waals surface area contributed by atoms with Crippen LogP contribution in [0, 0.1) is 0 Å². The van der Waals surface area contributed by atoms with Crippen molar-refractivity contribution in [2.24, 2.45) is 0 Å². The third kappa shape index (κ3) is 4.39. The molecule has 1 atom stereocenters. The maximum absolute atomic E-state index is 12.1. The summed E-state index contributed by atoms with van der Waals surface area (Å²) < 4.78 is 10.7. The number of hydrogen-bond donors (Lipinski definition) is 0. The van der Waals surface area contributed by atoms with Crippen LogP contribution in [0.25, 0.3) is 0 Å². The van der Waals surface area contributed by atoms with E-state index in [2.05, 4.69) is 0 Å². The lowest BCUT2D eigenvalue weighted by Crippen LogP contribution is -2.41. The van der Waals surface area contributed by atoms with Crippen molar-refractivity contribution in [3.05, 3.63) is 35.9 Å². The quantitative estimate of drug-likeness (QED) is 0.795. The summed E-state index contributed by atoms with van der Waals surface area (Å²) in [4.78, 5) is 13.7. The van der Waals surface area contributed by atoms with Gasteiger partial charge in [0.05, 0.1) is 6.54 Å². The third-order valence-corrected chi connectivity index (χ3v) is 3.47. The summed E-state index contributed by atoms with van der Waals surface area (Å²) in [6, 6.07) is 9.68. The minimum Gasteiger partial charge on any atom is -0.433 e. The lowest BCUT2D eigenvalue weighted by molar-refractivity contribution is -0.0526. The maximum Gasteiger partial charge on any atom is 0.413 e. The number of alkyl halides is 1. The summed E-state index contributed by atoms with van der Waals surface area (Å²) >= 11 is 5.50. The van der Waals surface area contributed by atoms with Gasteiger partial charge in [-0.2, -0.15) is 0 Å². The molecule has 0 N–H and O–H groups in total. The second-order valence-electron chi connectivity index (χ2n) is 4.81. The highest BCUT2D eigenvalue weighted by atomic mass is 35.5. The SMILES string of the molecule is O=C(OCCl)N(Cc1ccccc1)C1CCCCCO1. The Balaban J connectivity index is 2.08. The average molecular weight is 298 g/mol. The van der Waals surface area contributed by atoms with Gasteiger partial charge in [0.1, 0.15) is 6.23 Å². The fourth-order valence-electron chi connectivity index (χ4n) is 2.34. The Labute approximate surface area is 124 Å². The highest BCUT2D eigenvalue weighted by molar-refractivity contribution is 6.17. The molecule has 1 aromatic rings. The Bertz CT molecular complexity index is 405. The predicted molar refractivity (Wildman–Crippen MR) is 77.4 cm³/mol. The molecule has 0 saturated carbocycles. The molecule has 0 bridgehead atoms. The lowest BCUT2D eigenvalue weighted by Gasteiger charge is -2.29. The van der Waals surface area contributed by atoms with Crippen LogP contribution in [0.2, 0.25) is 0 Å². The van der Waals surface area contributed by atoms with Gasteiger partial charge in [-0.05, 0) is 24.8 Å². The molecule has 4 nitrogen and oxygen atoms in total. The van der Waals surface area contributed by atoms with E-state index in [0.717, 1.165) is 31.2 Å². The van der Waals surface area contributed by atoms with Crippen LogP contribution in [0.5, 0.6) is 0 Å². The van der Waals surface area contributed by atoms with E-state index >= 15 is 0 Å². The molecule has 110 valence electrons. The monoisotopic (exact) mass is 297 g/mol. The van der Waals surface area contributed by atoms with Crippen LogP contribution in [-0.2, 0) is 16.0 Å². The number of ether oxygens (including phenoxy) is 2. The van der Waals surface area contributed by atoms with E-state index in [0.29, 0.717) is 13.2 Å². The fraction of sp³-hybridized carbons (Fsp3) is 0.533. The molecule has 1 unspecified atom stereocenters. The van der Waals surface area contributed by atoms with Crippen LogP contribution in [0.15, 0.2) is 30.3 Å². The smallest absolute Gasteiger partial charge is 0.413 e. The Morgan fingerprint density at radius 1 is 1.30 bits per heavy atom. The molecule has 0 radical (unpaired) electrons. The van der Waals surface area contributed by atoms with E-state index in [1.54, 1.807) is 4.90 Å². The van der Waals surface area contributed by atoms with Crippen LogP contribution in [-0.4, -0.2) is 29.9 Å². The van der Waals surface area contributed by atoms with Gasteiger partial charge < -0.3 is 9.47 Å². The first-order chi connectivity index (χ1) is 9.81. The zero-order valence-electron chi connectivity index (χ0n) is 11.5. The van der Waals surface area contributed by atoms with Gasteiger partial charge in [0.2, 0.25) is 0 Å². The Hall–Kier alpha value is -1.26. The first kappa shape index (κ1) is 15.1. The summed E-state index contributed by atoms with van der Waals surface area (Å²) in [5, 5.41) is 0. The molecule has 0 aliphatic carbocycles. The minimum atomic E-state index is -0.421. The maximum atomic E-state index is 12.1. The molecule has 5 heteroatoms. The van der Waals surface area contributed by atoms with Crippen molar-refractivity contribution in [1.82, 2.24) is 4.90 Å². The summed E-state index contributed by atoms with van der Waals surface area (Å²) in [5.74, 6) is 0. The molecule has 1 aromatic carbocycles. The second-order valence-corrected chi connectivity index (χ2v) is 5.03. The van der Waals surface area contributed by atoms with E-state index in [9.17, 15) is 4.79 Å². The number of benzene rings is 1. The van der Waals surface area contributed by atoms with Crippen LogP contribution >= 0.6 is 11.6 Å². The van der Waals surface area contributed by atoms with E-state index in [1.165, 1.54) is 0 Å². The molecule has 0 spiro atoms. The van der Waals surface area contributed by atoms with Crippen molar-refractivity contribution in [2.45, 2.75) is 38.5 Å². The number of halogens is 1. The molecule has 1 aliphatic heterocycles. The molecule has 2 rings (SSSR count). The van der Waals surface area contributed by atoms with Crippen molar-refractivity contribution in [3.8, 4) is 0 Å². The molecule has 1 heterocycles. The Morgan fingerprint density at radius 3 is 2.85 bits per heavy atom. The number of nitrogens with zero attached hydrogens (tertiary/aromatic N) is 1. The summed E-state index contributed by atoms with van der Waals surface area (Å²) in [5.41, 5.74) is 1.05. The van der Waals surface area contributed by atoms with Gasteiger partial charge in [-0.25, -0.2) is 4.79 Å². The highest BCUT2D eigenvalue weighted by Gasteiger charge is 2.26. The first-order valence-corrected chi connectivity index (χ1v) is 7.49. The Kier molecular flexibility index (Phi) is 6.15. The van der Waals surface area contributed by atoms with E-state index in [1.807, 2.05) is 30.3 Å². The zero-order valence-corrected chi connectivity index (χ0v) is 12.2. The van der Waals surface area contributed by atoms with Crippen LogP contribution in [0.4, 0.5) is 4.79 Å². The molecule has 1 saturated heterocycles. The molecular formula is C15H20ClNO3. The van der Waals surface area contributed by atoms with Crippen molar-refractivity contribution in [2.75, 3.05) is 12.7 Å². The number of amides is 1. The van der Waals surface area contributed by atoms with Gasteiger partial charge >= 0.3 is 6.09 Å². The number of carbonyl (C=O) groups excluding carboxylic acids is 1. The van der Waals surface area contributed by atoms with E-state index in [-0.39, 0.29) is 12.3 Å². The summed E-state index contributed by atoms with van der Waals surface area (Å²) in [7, 11) is 0. The van der Waals surface area contributed by atoms with Gasteiger partial charge in [-0.3, -0.25) is 4.90 Å². The standard InChI is InChI=1S/C15H20ClNO3/c16-12-20-15(18)17(11-13-7-3-1-4-8-13)14-9-5-2-6-10-19-14/h1,3-4,7-8,14H,2,5-6,9-12H2. The van der Waals surface area contributed by atoms with Crippen LogP contribution in [0.3, 0.4) is 0 Å².